The number of benzene rings is 2. The van der Waals surface area contributed by atoms with Crippen molar-refractivity contribution in [2.24, 2.45) is 16.3 Å². The SMILES string of the molecule is C=C/C=C\C(=C/Cc1cccc(/C=C\C)c1N)C1=NC2(CCC(C(C)(C)C)CC2)N(C(C)c2ccc(C(=O)NCCC(=O)O)cc2)C(=O)C1. The number of aliphatic imine (C=N–C) groups is 1. The summed E-state index contributed by atoms with van der Waals surface area (Å²) in [6, 6.07) is 13.0. The summed E-state index contributed by atoms with van der Waals surface area (Å²) >= 11 is 0. The zero-order valence-electron chi connectivity index (χ0n) is 29.7. The average Bonchev–Trinajstić information content (AvgIpc) is 3.05. The molecule has 1 aliphatic heterocycles. The number of hydrogen-bond acceptors (Lipinski definition) is 5. The van der Waals surface area contributed by atoms with Crippen molar-refractivity contribution >= 4 is 35.3 Å². The highest BCUT2D eigenvalue weighted by Gasteiger charge is 2.49. The van der Waals surface area contributed by atoms with Gasteiger partial charge in [0.25, 0.3) is 5.91 Å². The van der Waals surface area contributed by atoms with E-state index in [1.807, 2.05) is 73.4 Å². The lowest BCUT2D eigenvalue weighted by Crippen LogP contribution is -2.57. The molecule has 1 saturated carbocycles. The van der Waals surface area contributed by atoms with Gasteiger partial charge in [0, 0.05) is 17.8 Å². The standard InChI is InChI=1S/C41H52N4O4/c1-7-9-12-30(17-18-32-14-10-13-31(11-8-2)38(32)42)35-27-36(46)45(41(44-35)24-21-34(22-25-41)40(4,5)6)28(3)29-15-19-33(20-16-29)39(49)43-26-23-37(47)48/h7-17,19-20,28,34H,1,18,21-27,42H2,2-6H3,(H,43,49)(H,47,48)/b11-8-,12-9-,30-17+. The van der Waals surface area contributed by atoms with E-state index in [1.165, 1.54) is 0 Å². The van der Waals surface area contributed by atoms with Crippen LogP contribution in [0.5, 0.6) is 0 Å². The second-order valence-corrected chi connectivity index (χ2v) is 14.2. The van der Waals surface area contributed by atoms with Crippen LogP contribution in [-0.4, -0.2) is 45.7 Å². The minimum absolute atomic E-state index is 0.0229. The van der Waals surface area contributed by atoms with E-state index in [0.29, 0.717) is 17.9 Å². The first kappa shape index (κ1) is 37.1. The van der Waals surface area contributed by atoms with Crippen LogP contribution in [0, 0.1) is 11.3 Å². The van der Waals surface area contributed by atoms with Crippen LogP contribution in [0.3, 0.4) is 0 Å². The molecule has 0 radical (unpaired) electrons. The number of carboxylic acids is 1. The van der Waals surface area contributed by atoms with Crippen molar-refractivity contribution in [1.29, 1.82) is 0 Å². The molecule has 1 aliphatic carbocycles. The highest BCUT2D eigenvalue weighted by atomic mass is 16.4. The van der Waals surface area contributed by atoms with Crippen LogP contribution < -0.4 is 11.1 Å². The third-order valence-electron chi connectivity index (χ3n) is 9.92. The summed E-state index contributed by atoms with van der Waals surface area (Å²) in [4.78, 5) is 45.3. The van der Waals surface area contributed by atoms with Crippen molar-refractivity contribution in [2.45, 2.75) is 91.3 Å². The van der Waals surface area contributed by atoms with Crippen LogP contribution in [0.2, 0.25) is 0 Å². The number of carboxylic acid groups (broad SMARTS) is 1. The molecule has 1 spiro atoms. The normalized spacial score (nSPS) is 20.9. The molecule has 0 aromatic heterocycles. The number of nitrogens with one attached hydrogen (secondary N) is 1. The Kier molecular flexibility index (Phi) is 12.2. The molecular formula is C41H52N4O4. The minimum atomic E-state index is -0.967. The molecule has 2 amide bonds. The maximum atomic E-state index is 14.4. The van der Waals surface area contributed by atoms with E-state index < -0.39 is 11.6 Å². The van der Waals surface area contributed by atoms with Crippen LogP contribution in [0.4, 0.5) is 5.69 Å². The Labute approximate surface area is 291 Å². The van der Waals surface area contributed by atoms with Gasteiger partial charge in [0.1, 0.15) is 5.66 Å². The Morgan fingerprint density at radius 2 is 1.86 bits per heavy atom. The maximum absolute atomic E-state index is 14.4. The molecule has 4 N–H and O–H groups in total. The van der Waals surface area contributed by atoms with E-state index in [4.69, 9.17) is 15.8 Å². The number of nitrogens with zero attached hydrogens (tertiary/aromatic N) is 2. The molecule has 8 heteroatoms. The van der Waals surface area contributed by atoms with Gasteiger partial charge in [-0.05, 0) is 91.7 Å². The van der Waals surface area contributed by atoms with Crippen LogP contribution in [0.15, 0.2) is 90.0 Å². The molecule has 0 bridgehead atoms. The first-order valence-electron chi connectivity index (χ1n) is 17.3. The molecule has 0 saturated heterocycles. The highest BCUT2D eigenvalue weighted by molar-refractivity contribution is 6.13. The monoisotopic (exact) mass is 664 g/mol. The van der Waals surface area contributed by atoms with Crippen molar-refractivity contribution in [3.63, 3.8) is 0 Å². The van der Waals surface area contributed by atoms with E-state index in [0.717, 1.165) is 59.3 Å². The summed E-state index contributed by atoms with van der Waals surface area (Å²) in [5.74, 6) is -0.753. The molecule has 1 atom stereocenters. The molecule has 1 unspecified atom stereocenters. The summed E-state index contributed by atoms with van der Waals surface area (Å²) < 4.78 is 0. The van der Waals surface area contributed by atoms with Crippen LogP contribution in [0.25, 0.3) is 6.08 Å². The smallest absolute Gasteiger partial charge is 0.305 e. The number of rotatable bonds is 12. The summed E-state index contributed by atoms with van der Waals surface area (Å²) in [6.45, 7) is 14.8. The van der Waals surface area contributed by atoms with Crippen LogP contribution in [-0.2, 0) is 16.0 Å². The van der Waals surface area contributed by atoms with Crippen molar-refractivity contribution < 1.29 is 19.5 Å². The summed E-state index contributed by atoms with van der Waals surface area (Å²) in [5, 5.41) is 11.5. The fraction of sp³-hybridized carbons (Fsp3) is 0.415. The molecule has 2 aromatic rings. The number of carbonyl (C=O) groups excluding carboxylic acids is 2. The topological polar surface area (TPSA) is 125 Å². The number of anilines is 1. The van der Waals surface area contributed by atoms with Crippen LogP contribution in [0.1, 0.15) is 106 Å². The summed E-state index contributed by atoms with van der Waals surface area (Å²) in [5.41, 5.74) is 11.7. The summed E-state index contributed by atoms with van der Waals surface area (Å²) in [7, 11) is 0. The molecule has 1 fully saturated rings. The van der Waals surface area contributed by atoms with Crippen molar-refractivity contribution in [3.8, 4) is 0 Å². The minimum Gasteiger partial charge on any atom is -0.481 e. The third kappa shape index (κ3) is 9.05. The second-order valence-electron chi connectivity index (χ2n) is 14.2. The van der Waals surface area contributed by atoms with Crippen molar-refractivity contribution in [1.82, 2.24) is 10.2 Å². The Morgan fingerprint density at radius 3 is 2.47 bits per heavy atom. The molecule has 2 aliphatic rings. The molecule has 8 nitrogen and oxygen atoms in total. The van der Waals surface area contributed by atoms with E-state index >= 15 is 0 Å². The number of para-hydroxylation sites is 1. The number of allylic oxidation sites excluding steroid dienone is 6. The number of carbonyl (C=O) groups is 3. The Balaban J connectivity index is 1.70. The Hall–Kier alpha value is -4.72. The van der Waals surface area contributed by atoms with E-state index in [-0.39, 0.29) is 42.7 Å². The highest BCUT2D eigenvalue weighted by Crippen LogP contribution is 2.48. The molecule has 260 valence electrons. The zero-order valence-corrected chi connectivity index (χ0v) is 29.7. The molecule has 4 rings (SSSR count). The van der Waals surface area contributed by atoms with Gasteiger partial charge in [0.05, 0.1) is 24.6 Å². The predicted octanol–water partition coefficient (Wildman–Crippen LogP) is 8.08. The Morgan fingerprint density at radius 1 is 1.16 bits per heavy atom. The number of nitrogen functional groups attached to an aromatic ring is 1. The first-order chi connectivity index (χ1) is 23.3. The maximum Gasteiger partial charge on any atom is 0.305 e. The number of aliphatic carboxylic acids is 1. The van der Waals surface area contributed by atoms with E-state index in [1.54, 1.807) is 18.2 Å². The number of nitrogens with two attached hydrogens (primary N) is 1. The zero-order chi connectivity index (χ0) is 35.8. The largest absolute Gasteiger partial charge is 0.481 e. The lowest BCUT2D eigenvalue weighted by atomic mass is 9.68. The van der Waals surface area contributed by atoms with Gasteiger partial charge in [-0.15, -0.1) is 0 Å². The molecule has 49 heavy (non-hydrogen) atoms. The third-order valence-corrected chi connectivity index (χ3v) is 9.92. The number of hydrogen-bond donors (Lipinski definition) is 3. The van der Waals surface area contributed by atoms with Crippen molar-refractivity contribution in [3.05, 3.63) is 107 Å². The van der Waals surface area contributed by atoms with Gasteiger partial charge < -0.3 is 21.1 Å². The quantitative estimate of drug-likeness (QED) is 0.156. The van der Waals surface area contributed by atoms with Gasteiger partial charge in [-0.3, -0.25) is 19.4 Å². The predicted molar refractivity (Wildman–Crippen MR) is 199 cm³/mol. The van der Waals surface area contributed by atoms with Gasteiger partial charge in [0.2, 0.25) is 5.91 Å². The fourth-order valence-corrected chi connectivity index (χ4v) is 7.10. The van der Waals surface area contributed by atoms with E-state index in [9.17, 15) is 14.4 Å². The van der Waals surface area contributed by atoms with Gasteiger partial charge in [0.15, 0.2) is 0 Å². The summed E-state index contributed by atoms with van der Waals surface area (Å²) in [6.07, 6.45) is 15.8. The van der Waals surface area contributed by atoms with Gasteiger partial charge in [-0.1, -0.05) is 94.1 Å². The lowest BCUT2D eigenvalue weighted by Gasteiger charge is -2.52. The molecular weight excluding hydrogens is 612 g/mol. The van der Waals surface area contributed by atoms with Crippen LogP contribution >= 0.6 is 0 Å². The second kappa shape index (κ2) is 16.1. The van der Waals surface area contributed by atoms with E-state index in [2.05, 4.69) is 38.7 Å². The van der Waals surface area contributed by atoms with Gasteiger partial charge in [-0.2, -0.15) is 0 Å². The van der Waals surface area contributed by atoms with Crippen molar-refractivity contribution in [2.75, 3.05) is 12.3 Å². The molecule has 1 heterocycles. The average molecular weight is 665 g/mol. The first-order valence-corrected chi connectivity index (χ1v) is 17.3. The number of amides is 2. The fourth-order valence-electron chi connectivity index (χ4n) is 7.10. The lowest BCUT2D eigenvalue weighted by molar-refractivity contribution is -0.143. The Bertz CT molecular complexity index is 1650. The molecule has 2 aromatic carbocycles. The van der Waals surface area contributed by atoms with Gasteiger partial charge in [-0.25, -0.2) is 0 Å². The van der Waals surface area contributed by atoms with Gasteiger partial charge >= 0.3 is 5.97 Å².